The Balaban J connectivity index is 1.98. The molecule has 0 aromatic carbocycles. The smallest absolute Gasteiger partial charge is 0.309 e. The van der Waals surface area contributed by atoms with Crippen molar-refractivity contribution in [3.63, 3.8) is 0 Å². The summed E-state index contributed by atoms with van der Waals surface area (Å²) >= 11 is 0. The zero-order chi connectivity index (χ0) is 9.16. The number of hydrogen-bond acceptors (Lipinski definition) is 4. The fraction of sp³-hybridized carbons (Fsp3) is 0.889. The van der Waals surface area contributed by atoms with Crippen LogP contribution in [0.5, 0.6) is 0 Å². The second kappa shape index (κ2) is 2.25. The van der Waals surface area contributed by atoms with Crippen molar-refractivity contribution in [2.75, 3.05) is 6.61 Å². The molecule has 0 spiro atoms. The number of cyclic esters (lactones) is 1. The van der Waals surface area contributed by atoms with E-state index >= 15 is 0 Å². The van der Waals surface area contributed by atoms with Crippen LogP contribution in [0, 0.1) is 23.7 Å². The largest absolute Gasteiger partial charge is 0.465 e. The van der Waals surface area contributed by atoms with Gasteiger partial charge in [0.2, 0.25) is 0 Å². The van der Waals surface area contributed by atoms with Crippen LogP contribution in [0.25, 0.3) is 0 Å². The number of hydrogen-bond donors (Lipinski definition) is 2. The molecule has 3 aliphatic rings. The Bertz CT molecular complexity index is 262. The molecule has 2 N–H and O–H groups in total. The number of rotatable bonds is 0. The number of ether oxygens (including phenoxy) is 1. The monoisotopic (exact) mass is 184 g/mol. The summed E-state index contributed by atoms with van der Waals surface area (Å²) in [4.78, 5) is 11.3. The van der Waals surface area contributed by atoms with E-state index in [1.807, 2.05) is 0 Å². The highest BCUT2D eigenvalue weighted by Crippen LogP contribution is 2.55. The molecular weight excluding hydrogens is 172 g/mol. The highest BCUT2D eigenvalue weighted by molar-refractivity contribution is 5.76. The summed E-state index contributed by atoms with van der Waals surface area (Å²) in [6.07, 6.45) is -0.365. The van der Waals surface area contributed by atoms with Gasteiger partial charge in [0.1, 0.15) is 0 Å². The van der Waals surface area contributed by atoms with Crippen LogP contribution in [0.1, 0.15) is 6.42 Å². The van der Waals surface area contributed by atoms with Crippen LogP contribution in [0.2, 0.25) is 0 Å². The van der Waals surface area contributed by atoms with E-state index in [4.69, 9.17) is 4.74 Å². The Morgan fingerprint density at radius 3 is 2.85 bits per heavy atom. The van der Waals surface area contributed by atoms with Gasteiger partial charge in [-0.15, -0.1) is 0 Å². The van der Waals surface area contributed by atoms with Crippen molar-refractivity contribution in [2.24, 2.45) is 23.7 Å². The summed E-state index contributed by atoms with van der Waals surface area (Å²) in [5.41, 5.74) is 0. The maximum Gasteiger partial charge on any atom is 0.309 e. The number of fused-ring (bicyclic) bond motifs is 5. The number of carbonyl (C=O) groups excluding carboxylic acids is 1. The molecule has 4 heteroatoms. The molecule has 2 aliphatic carbocycles. The summed E-state index contributed by atoms with van der Waals surface area (Å²) in [5.74, 6) is -0.426. The molecule has 13 heavy (non-hydrogen) atoms. The van der Waals surface area contributed by atoms with Crippen LogP contribution in [-0.4, -0.2) is 35.0 Å². The number of esters is 1. The normalized spacial score (nSPS) is 58.2. The highest BCUT2D eigenvalue weighted by Gasteiger charge is 2.63. The van der Waals surface area contributed by atoms with E-state index < -0.39 is 12.2 Å². The lowest BCUT2D eigenvalue weighted by molar-refractivity contribution is -0.143. The molecule has 1 heterocycles. The summed E-state index contributed by atoms with van der Waals surface area (Å²) in [5, 5.41) is 19.4. The lowest BCUT2D eigenvalue weighted by atomic mass is 9.80. The minimum Gasteiger partial charge on any atom is -0.465 e. The Labute approximate surface area is 75.5 Å². The van der Waals surface area contributed by atoms with Crippen molar-refractivity contribution in [3.05, 3.63) is 0 Å². The first kappa shape index (κ1) is 7.76. The average molecular weight is 184 g/mol. The molecule has 1 aliphatic heterocycles. The van der Waals surface area contributed by atoms with E-state index in [0.717, 1.165) is 0 Å². The van der Waals surface area contributed by atoms with Gasteiger partial charge < -0.3 is 14.9 Å². The highest BCUT2D eigenvalue weighted by atomic mass is 16.5. The van der Waals surface area contributed by atoms with Gasteiger partial charge in [-0.2, -0.15) is 0 Å². The molecule has 3 fully saturated rings. The first-order valence-corrected chi connectivity index (χ1v) is 4.73. The lowest BCUT2D eigenvalue weighted by Gasteiger charge is -2.23. The quantitative estimate of drug-likeness (QED) is 0.481. The van der Waals surface area contributed by atoms with E-state index in [0.29, 0.717) is 13.0 Å². The molecule has 0 amide bonds. The Hall–Kier alpha value is -0.610. The fourth-order valence-electron chi connectivity index (χ4n) is 3.38. The first-order chi connectivity index (χ1) is 6.20. The topological polar surface area (TPSA) is 66.8 Å². The number of aliphatic hydroxyl groups is 2. The van der Waals surface area contributed by atoms with E-state index in [2.05, 4.69) is 0 Å². The standard InChI is InChI=1S/C9H12O4/c10-5-1-3-6-4(2-13-9(6)12)7(5)8(3)11/h3-8,10-11H,1-2H2/t3-,4-,5+,6+,7-,8+/m0/s1. The predicted octanol–water partition coefficient (Wildman–Crippen LogP) is -0.853. The van der Waals surface area contributed by atoms with Crippen molar-refractivity contribution < 1.29 is 19.7 Å². The summed E-state index contributed by atoms with van der Waals surface area (Å²) in [7, 11) is 0. The first-order valence-electron chi connectivity index (χ1n) is 4.73. The van der Waals surface area contributed by atoms with E-state index in [-0.39, 0.29) is 29.6 Å². The molecule has 1 saturated heterocycles. The van der Waals surface area contributed by atoms with Gasteiger partial charge in [-0.1, -0.05) is 0 Å². The third kappa shape index (κ3) is 0.758. The van der Waals surface area contributed by atoms with Crippen LogP contribution >= 0.6 is 0 Å². The van der Waals surface area contributed by atoms with Crippen molar-refractivity contribution in [1.29, 1.82) is 0 Å². The van der Waals surface area contributed by atoms with Gasteiger partial charge in [-0.05, 0) is 6.42 Å². The Morgan fingerprint density at radius 1 is 1.31 bits per heavy atom. The van der Waals surface area contributed by atoms with Crippen molar-refractivity contribution >= 4 is 5.97 Å². The molecule has 72 valence electrons. The van der Waals surface area contributed by atoms with E-state index in [1.54, 1.807) is 0 Å². The van der Waals surface area contributed by atoms with Crippen molar-refractivity contribution in [3.8, 4) is 0 Å². The molecule has 4 nitrogen and oxygen atoms in total. The van der Waals surface area contributed by atoms with Gasteiger partial charge in [0, 0.05) is 17.8 Å². The zero-order valence-electron chi connectivity index (χ0n) is 7.09. The van der Waals surface area contributed by atoms with Crippen LogP contribution in [0.15, 0.2) is 0 Å². The Morgan fingerprint density at radius 2 is 2.08 bits per heavy atom. The molecule has 2 bridgehead atoms. The molecular formula is C9H12O4. The van der Waals surface area contributed by atoms with Crippen LogP contribution in [0.3, 0.4) is 0 Å². The second-order valence-corrected chi connectivity index (χ2v) is 4.35. The SMILES string of the molecule is O=C1OC[C@H]2[C@H]1[C@@H]1C[C@@H](O)[C@H]2[C@@H]1O. The van der Waals surface area contributed by atoms with Crippen LogP contribution < -0.4 is 0 Å². The molecule has 0 radical (unpaired) electrons. The van der Waals surface area contributed by atoms with Crippen LogP contribution in [-0.2, 0) is 9.53 Å². The molecule has 3 rings (SSSR count). The number of carbonyl (C=O) groups is 1. The molecule has 2 saturated carbocycles. The maximum atomic E-state index is 11.3. The number of aliphatic hydroxyl groups excluding tert-OH is 2. The molecule has 0 aromatic heterocycles. The maximum absolute atomic E-state index is 11.3. The predicted molar refractivity (Wildman–Crippen MR) is 41.5 cm³/mol. The van der Waals surface area contributed by atoms with Crippen molar-refractivity contribution in [1.82, 2.24) is 0 Å². The molecule has 0 aromatic rings. The van der Waals surface area contributed by atoms with E-state index in [9.17, 15) is 15.0 Å². The van der Waals surface area contributed by atoms with Gasteiger partial charge >= 0.3 is 5.97 Å². The van der Waals surface area contributed by atoms with Gasteiger partial charge in [-0.25, -0.2) is 0 Å². The van der Waals surface area contributed by atoms with Gasteiger partial charge in [0.15, 0.2) is 0 Å². The Kier molecular flexibility index (Phi) is 1.34. The summed E-state index contributed by atoms with van der Waals surface area (Å²) < 4.78 is 4.94. The average Bonchev–Trinajstić information content (AvgIpc) is 2.64. The minimum atomic E-state index is -0.488. The zero-order valence-corrected chi connectivity index (χ0v) is 7.09. The third-order valence-corrected chi connectivity index (χ3v) is 3.90. The lowest BCUT2D eigenvalue weighted by Crippen LogP contribution is -2.31. The van der Waals surface area contributed by atoms with Crippen molar-refractivity contribution in [2.45, 2.75) is 18.6 Å². The molecule has 0 unspecified atom stereocenters. The third-order valence-electron chi connectivity index (χ3n) is 3.90. The van der Waals surface area contributed by atoms with E-state index in [1.165, 1.54) is 0 Å². The molecule has 6 atom stereocenters. The fourth-order valence-corrected chi connectivity index (χ4v) is 3.38. The summed E-state index contributed by atoms with van der Waals surface area (Å²) in [6.45, 7) is 0.388. The van der Waals surface area contributed by atoms with Gasteiger partial charge in [0.05, 0.1) is 24.7 Å². The van der Waals surface area contributed by atoms with Gasteiger partial charge in [0.25, 0.3) is 0 Å². The van der Waals surface area contributed by atoms with Crippen LogP contribution in [0.4, 0.5) is 0 Å². The minimum absolute atomic E-state index is 0.0556. The summed E-state index contributed by atoms with van der Waals surface area (Å²) in [6, 6.07) is 0. The van der Waals surface area contributed by atoms with Gasteiger partial charge in [-0.3, -0.25) is 4.79 Å². The second-order valence-electron chi connectivity index (χ2n) is 4.35.